The van der Waals surface area contributed by atoms with Gasteiger partial charge in [-0.05, 0) is 6.07 Å². The number of esters is 1. The van der Waals surface area contributed by atoms with Gasteiger partial charge < -0.3 is 14.2 Å². The monoisotopic (exact) mass is 348 g/mol. The lowest BCUT2D eigenvalue weighted by Crippen LogP contribution is -2.22. The average Bonchev–Trinajstić information content (AvgIpc) is 3.19. The molecule has 1 atom stereocenters. The summed E-state index contributed by atoms with van der Waals surface area (Å²) in [7, 11) is 0. The summed E-state index contributed by atoms with van der Waals surface area (Å²) in [5, 5.41) is 2.34. The second kappa shape index (κ2) is 4.62. The molecule has 1 aromatic carbocycles. The SMILES string of the molecule is O=C1C[C@@H](c2c(Cl)nc3sccn23)c2cc3c(cc2O1)OCO3. The predicted molar refractivity (Wildman–Crippen MR) is 82.7 cm³/mol. The first kappa shape index (κ1) is 13.2. The minimum atomic E-state index is -0.303. The zero-order valence-electron chi connectivity index (χ0n) is 11.6. The van der Waals surface area contributed by atoms with Crippen molar-refractivity contribution in [1.29, 1.82) is 0 Å². The third-order valence-corrected chi connectivity index (χ3v) is 5.09. The first-order chi connectivity index (χ1) is 11.2. The molecule has 5 rings (SSSR count). The van der Waals surface area contributed by atoms with Crippen LogP contribution in [0.3, 0.4) is 0 Å². The molecule has 2 aliphatic heterocycles. The van der Waals surface area contributed by atoms with Crippen LogP contribution in [0, 0.1) is 0 Å². The molecule has 116 valence electrons. The zero-order valence-corrected chi connectivity index (χ0v) is 13.2. The standard InChI is InChI=1S/C15H9ClN2O4S/c16-14-13(18-1-2-23-15(18)17-14)8-4-12(19)22-9-5-11-10(3-7(8)9)20-6-21-11/h1-3,5,8H,4,6H2/t8-/m1/s1. The van der Waals surface area contributed by atoms with Gasteiger partial charge in [0.05, 0.1) is 12.1 Å². The topological polar surface area (TPSA) is 62.1 Å². The van der Waals surface area contributed by atoms with Crippen LogP contribution in [0.4, 0.5) is 0 Å². The highest BCUT2D eigenvalue weighted by Gasteiger charge is 2.34. The number of imidazole rings is 1. The van der Waals surface area contributed by atoms with Crippen molar-refractivity contribution >= 4 is 33.9 Å². The van der Waals surface area contributed by atoms with Crippen molar-refractivity contribution in [3.63, 3.8) is 0 Å². The molecule has 0 aliphatic carbocycles. The van der Waals surface area contributed by atoms with Crippen LogP contribution in [-0.2, 0) is 4.79 Å². The number of aromatic nitrogens is 2. The Bertz CT molecular complexity index is 964. The number of carbonyl (C=O) groups excluding carboxylic acids is 1. The van der Waals surface area contributed by atoms with Crippen molar-refractivity contribution in [2.24, 2.45) is 0 Å². The number of thiazole rings is 1. The number of carbonyl (C=O) groups is 1. The van der Waals surface area contributed by atoms with Gasteiger partial charge in [-0.2, -0.15) is 0 Å². The van der Waals surface area contributed by atoms with E-state index in [0.29, 0.717) is 22.4 Å². The molecule has 0 radical (unpaired) electrons. The summed E-state index contributed by atoms with van der Waals surface area (Å²) in [6.45, 7) is 0.166. The molecule has 0 N–H and O–H groups in total. The number of hydrogen-bond acceptors (Lipinski definition) is 6. The van der Waals surface area contributed by atoms with Gasteiger partial charge in [0.15, 0.2) is 21.6 Å². The maximum atomic E-state index is 12.1. The summed E-state index contributed by atoms with van der Waals surface area (Å²) in [5.41, 5.74) is 1.64. The zero-order chi connectivity index (χ0) is 15.6. The summed E-state index contributed by atoms with van der Waals surface area (Å²) < 4.78 is 18.1. The van der Waals surface area contributed by atoms with E-state index < -0.39 is 0 Å². The fourth-order valence-electron chi connectivity index (χ4n) is 3.07. The molecule has 0 fully saturated rings. The van der Waals surface area contributed by atoms with Crippen LogP contribution in [0.1, 0.15) is 23.6 Å². The maximum absolute atomic E-state index is 12.1. The summed E-state index contributed by atoms with van der Waals surface area (Å²) in [5.74, 6) is 1.17. The van der Waals surface area contributed by atoms with Crippen LogP contribution in [-0.4, -0.2) is 22.1 Å². The highest BCUT2D eigenvalue weighted by molar-refractivity contribution is 7.15. The number of ether oxygens (including phenoxy) is 3. The van der Waals surface area contributed by atoms with E-state index in [0.717, 1.165) is 16.2 Å². The lowest BCUT2D eigenvalue weighted by atomic mass is 9.89. The Kier molecular flexibility index (Phi) is 2.66. The second-order valence-corrected chi connectivity index (χ2v) is 6.55. The minimum Gasteiger partial charge on any atom is -0.454 e. The van der Waals surface area contributed by atoms with Crippen LogP contribution < -0.4 is 14.2 Å². The Labute approximate surface area is 139 Å². The van der Waals surface area contributed by atoms with Crippen LogP contribution in [0.2, 0.25) is 5.15 Å². The van der Waals surface area contributed by atoms with E-state index in [4.69, 9.17) is 25.8 Å². The molecule has 0 unspecified atom stereocenters. The van der Waals surface area contributed by atoms with Crippen molar-refractivity contribution in [1.82, 2.24) is 9.38 Å². The normalized spacial score (nSPS) is 19.0. The number of hydrogen-bond donors (Lipinski definition) is 0. The molecule has 0 spiro atoms. The first-order valence-corrected chi connectivity index (χ1v) is 8.21. The first-order valence-electron chi connectivity index (χ1n) is 6.96. The molecule has 0 amide bonds. The third-order valence-electron chi connectivity index (χ3n) is 4.06. The fraction of sp³-hybridized carbons (Fsp3) is 0.200. The van der Waals surface area contributed by atoms with Crippen molar-refractivity contribution in [2.45, 2.75) is 12.3 Å². The molecule has 4 heterocycles. The van der Waals surface area contributed by atoms with Crippen molar-refractivity contribution in [3.05, 3.63) is 40.1 Å². The van der Waals surface area contributed by atoms with E-state index in [2.05, 4.69) is 4.98 Å². The summed E-state index contributed by atoms with van der Waals surface area (Å²) in [4.78, 5) is 17.2. The predicted octanol–water partition coefficient (Wildman–Crippen LogP) is 3.22. The Balaban J connectivity index is 1.74. The van der Waals surface area contributed by atoms with Crippen LogP contribution in [0.25, 0.3) is 4.96 Å². The lowest BCUT2D eigenvalue weighted by Gasteiger charge is -2.24. The van der Waals surface area contributed by atoms with E-state index in [1.807, 2.05) is 22.0 Å². The van der Waals surface area contributed by atoms with E-state index >= 15 is 0 Å². The molecule has 3 aromatic rings. The Morgan fingerprint density at radius 3 is 2.96 bits per heavy atom. The number of benzene rings is 1. The number of nitrogens with zero attached hydrogens (tertiary/aromatic N) is 2. The van der Waals surface area contributed by atoms with E-state index in [9.17, 15) is 4.79 Å². The number of fused-ring (bicyclic) bond motifs is 3. The highest BCUT2D eigenvalue weighted by atomic mass is 35.5. The molecular weight excluding hydrogens is 340 g/mol. The summed E-state index contributed by atoms with van der Waals surface area (Å²) in [6, 6.07) is 3.55. The van der Waals surface area contributed by atoms with Crippen molar-refractivity contribution in [2.75, 3.05) is 6.79 Å². The van der Waals surface area contributed by atoms with Gasteiger partial charge in [-0.25, -0.2) is 4.98 Å². The lowest BCUT2D eigenvalue weighted by molar-refractivity contribution is -0.135. The average molecular weight is 349 g/mol. The Morgan fingerprint density at radius 1 is 1.26 bits per heavy atom. The van der Waals surface area contributed by atoms with Gasteiger partial charge in [-0.3, -0.25) is 9.20 Å². The summed E-state index contributed by atoms with van der Waals surface area (Å²) in [6.07, 6.45) is 2.11. The van der Waals surface area contributed by atoms with Crippen molar-refractivity contribution in [3.8, 4) is 17.2 Å². The largest absolute Gasteiger partial charge is 0.454 e. The molecule has 23 heavy (non-hydrogen) atoms. The van der Waals surface area contributed by atoms with Gasteiger partial charge in [-0.1, -0.05) is 11.6 Å². The van der Waals surface area contributed by atoms with Gasteiger partial charge in [0.25, 0.3) is 0 Å². The molecule has 0 bridgehead atoms. The molecule has 6 nitrogen and oxygen atoms in total. The quantitative estimate of drug-likeness (QED) is 0.499. The van der Waals surface area contributed by atoms with Crippen LogP contribution in [0.5, 0.6) is 17.2 Å². The Hall–Kier alpha value is -2.25. The van der Waals surface area contributed by atoms with Crippen LogP contribution >= 0.6 is 22.9 Å². The molecular formula is C15H9ClN2O4S. The number of halogens is 1. The summed E-state index contributed by atoms with van der Waals surface area (Å²) >= 11 is 7.84. The van der Waals surface area contributed by atoms with Gasteiger partial charge in [0.1, 0.15) is 5.75 Å². The molecule has 2 aliphatic rings. The van der Waals surface area contributed by atoms with Gasteiger partial charge >= 0.3 is 5.97 Å². The van der Waals surface area contributed by atoms with E-state index in [-0.39, 0.29) is 25.1 Å². The van der Waals surface area contributed by atoms with Gasteiger partial charge in [0, 0.05) is 29.1 Å². The van der Waals surface area contributed by atoms with Crippen molar-refractivity contribution < 1.29 is 19.0 Å². The third kappa shape index (κ3) is 1.87. The fourth-order valence-corrected chi connectivity index (χ4v) is 4.15. The Morgan fingerprint density at radius 2 is 2.09 bits per heavy atom. The molecule has 2 aromatic heterocycles. The number of rotatable bonds is 1. The van der Waals surface area contributed by atoms with Gasteiger partial charge in [0.2, 0.25) is 6.79 Å². The highest BCUT2D eigenvalue weighted by Crippen LogP contribution is 2.47. The smallest absolute Gasteiger partial charge is 0.312 e. The van der Waals surface area contributed by atoms with Gasteiger partial charge in [-0.15, -0.1) is 11.3 Å². The van der Waals surface area contributed by atoms with Crippen LogP contribution in [0.15, 0.2) is 23.7 Å². The second-order valence-electron chi connectivity index (χ2n) is 5.32. The molecule has 8 heteroatoms. The maximum Gasteiger partial charge on any atom is 0.312 e. The van der Waals surface area contributed by atoms with E-state index in [1.54, 1.807) is 6.07 Å². The minimum absolute atomic E-state index is 0.166. The molecule has 0 saturated carbocycles. The van der Waals surface area contributed by atoms with E-state index in [1.165, 1.54) is 11.3 Å². The molecule has 0 saturated heterocycles.